The largest absolute Gasteiger partial charge is 0.416 e. The Bertz CT molecular complexity index is 463. The Kier molecular flexibility index (Phi) is 2.79. The molecular formula is C11H8F3NO2. The number of hydrogen-bond acceptors (Lipinski definition) is 2. The lowest BCUT2D eigenvalue weighted by Crippen LogP contribution is -2.11. The van der Waals surface area contributed by atoms with E-state index in [0.717, 1.165) is 12.1 Å². The van der Waals surface area contributed by atoms with Gasteiger partial charge in [0.2, 0.25) is 0 Å². The number of ether oxygens (including phenoxy) is 1. The lowest BCUT2D eigenvalue weighted by Gasteiger charge is -2.06. The van der Waals surface area contributed by atoms with Crippen LogP contribution in [0.5, 0.6) is 0 Å². The molecule has 0 radical (unpaired) electrons. The summed E-state index contributed by atoms with van der Waals surface area (Å²) < 4.78 is 41.6. The molecule has 0 bridgehead atoms. The molecule has 1 N–H and O–H groups in total. The average Bonchev–Trinajstić information content (AvgIpc) is 2.63. The molecule has 1 heterocycles. The van der Waals surface area contributed by atoms with Gasteiger partial charge in [0, 0.05) is 0 Å². The minimum atomic E-state index is -4.34. The molecule has 1 aromatic rings. The van der Waals surface area contributed by atoms with Gasteiger partial charge in [-0.05, 0) is 23.8 Å². The summed E-state index contributed by atoms with van der Waals surface area (Å²) in [5, 5.41) is 2.42. The van der Waals surface area contributed by atoms with Crippen LogP contribution in [0.15, 0.2) is 30.0 Å². The standard InChI is InChI=1S/C11H8F3NO2/c12-11(13,14)8-3-1-7(2-4-8)5-9-6-15-10(16)17-9/h1-5H,6H2,(H,15,16)/b9-5-. The molecule has 0 spiro atoms. The molecule has 1 aliphatic heterocycles. The van der Waals surface area contributed by atoms with Crippen molar-refractivity contribution in [2.45, 2.75) is 6.18 Å². The van der Waals surface area contributed by atoms with Crippen molar-refractivity contribution in [3.05, 3.63) is 41.2 Å². The van der Waals surface area contributed by atoms with Gasteiger partial charge in [-0.1, -0.05) is 12.1 Å². The third-order valence-corrected chi connectivity index (χ3v) is 2.20. The number of carbonyl (C=O) groups excluding carboxylic acids is 1. The number of rotatable bonds is 1. The fourth-order valence-corrected chi connectivity index (χ4v) is 1.39. The third kappa shape index (κ3) is 2.77. The number of cyclic esters (lactones) is 1. The SMILES string of the molecule is O=C1NC/C(=C/c2ccc(C(F)(F)F)cc2)O1. The summed E-state index contributed by atoms with van der Waals surface area (Å²) >= 11 is 0. The van der Waals surface area contributed by atoms with E-state index in [9.17, 15) is 18.0 Å². The molecule has 0 atom stereocenters. The average molecular weight is 243 g/mol. The molecule has 1 aliphatic rings. The molecule has 3 nitrogen and oxygen atoms in total. The van der Waals surface area contributed by atoms with Crippen LogP contribution < -0.4 is 5.32 Å². The molecule has 0 unspecified atom stereocenters. The number of nitrogens with one attached hydrogen (secondary N) is 1. The highest BCUT2D eigenvalue weighted by Gasteiger charge is 2.29. The second kappa shape index (κ2) is 4.12. The van der Waals surface area contributed by atoms with Crippen LogP contribution in [0.1, 0.15) is 11.1 Å². The molecule has 0 aliphatic carbocycles. The Hall–Kier alpha value is -1.98. The quantitative estimate of drug-likeness (QED) is 0.823. The number of carbonyl (C=O) groups is 1. The zero-order valence-corrected chi connectivity index (χ0v) is 8.54. The van der Waals surface area contributed by atoms with Gasteiger partial charge >= 0.3 is 12.3 Å². The lowest BCUT2D eigenvalue weighted by atomic mass is 10.1. The Morgan fingerprint density at radius 1 is 1.24 bits per heavy atom. The highest BCUT2D eigenvalue weighted by Crippen LogP contribution is 2.29. The zero-order chi connectivity index (χ0) is 12.5. The predicted molar refractivity (Wildman–Crippen MR) is 53.9 cm³/mol. The van der Waals surface area contributed by atoms with Crippen molar-refractivity contribution in [3.8, 4) is 0 Å². The minimum Gasteiger partial charge on any atom is -0.413 e. The van der Waals surface area contributed by atoms with E-state index in [0.29, 0.717) is 11.3 Å². The predicted octanol–water partition coefficient (Wildman–Crippen LogP) is 2.79. The number of amides is 1. The molecule has 17 heavy (non-hydrogen) atoms. The first-order valence-corrected chi connectivity index (χ1v) is 4.79. The number of alkyl carbamates (subject to hydrolysis) is 1. The molecule has 1 fully saturated rings. The molecule has 1 aromatic carbocycles. The number of halogens is 3. The Morgan fingerprint density at radius 2 is 1.88 bits per heavy atom. The van der Waals surface area contributed by atoms with Crippen molar-refractivity contribution < 1.29 is 22.7 Å². The van der Waals surface area contributed by atoms with E-state index in [1.807, 2.05) is 0 Å². The molecule has 1 saturated heterocycles. The fraction of sp³-hybridized carbons (Fsp3) is 0.182. The molecular weight excluding hydrogens is 235 g/mol. The van der Waals surface area contributed by atoms with E-state index in [4.69, 9.17) is 4.74 Å². The van der Waals surface area contributed by atoms with Gasteiger partial charge in [-0.2, -0.15) is 13.2 Å². The summed E-state index contributed by atoms with van der Waals surface area (Å²) in [6, 6.07) is 4.61. The topological polar surface area (TPSA) is 38.3 Å². The Morgan fingerprint density at radius 3 is 2.35 bits per heavy atom. The first-order valence-electron chi connectivity index (χ1n) is 4.79. The van der Waals surface area contributed by atoms with Gasteiger partial charge < -0.3 is 10.1 Å². The molecule has 90 valence electrons. The molecule has 0 saturated carbocycles. The van der Waals surface area contributed by atoms with Crippen LogP contribution in [0.3, 0.4) is 0 Å². The zero-order valence-electron chi connectivity index (χ0n) is 8.54. The summed E-state index contributed by atoms with van der Waals surface area (Å²) in [6.45, 7) is 0.250. The number of alkyl halides is 3. The lowest BCUT2D eigenvalue weighted by molar-refractivity contribution is -0.137. The first kappa shape index (κ1) is 11.5. The van der Waals surface area contributed by atoms with Crippen molar-refractivity contribution in [1.82, 2.24) is 5.32 Å². The van der Waals surface area contributed by atoms with Gasteiger partial charge in [-0.3, -0.25) is 0 Å². The maximum atomic E-state index is 12.3. The summed E-state index contributed by atoms with van der Waals surface area (Å²) in [7, 11) is 0. The van der Waals surface area contributed by atoms with E-state index >= 15 is 0 Å². The summed E-state index contributed by atoms with van der Waals surface area (Å²) in [5.74, 6) is 0.384. The van der Waals surface area contributed by atoms with E-state index in [1.54, 1.807) is 0 Å². The van der Waals surface area contributed by atoms with Gasteiger partial charge in [-0.25, -0.2) is 4.79 Å². The highest BCUT2D eigenvalue weighted by atomic mass is 19.4. The molecule has 6 heteroatoms. The van der Waals surface area contributed by atoms with Gasteiger partial charge in [-0.15, -0.1) is 0 Å². The highest BCUT2D eigenvalue weighted by molar-refractivity contribution is 5.73. The first-order chi connectivity index (χ1) is 7.95. The summed E-state index contributed by atoms with van der Waals surface area (Å²) in [4.78, 5) is 10.7. The molecule has 1 amide bonds. The van der Waals surface area contributed by atoms with Crippen LogP contribution in [-0.2, 0) is 10.9 Å². The van der Waals surface area contributed by atoms with Gasteiger partial charge in [0.1, 0.15) is 5.76 Å². The third-order valence-electron chi connectivity index (χ3n) is 2.20. The van der Waals surface area contributed by atoms with Crippen molar-refractivity contribution in [1.29, 1.82) is 0 Å². The van der Waals surface area contributed by atoms with Crippen LogP contribution in [0.25, 0.3) is 6.08 Å². The van der Waals surface area contributed by atoms with Crippen LogP contribution >= 0.6 is 0 Å². The van der Waals surface area contributed by atoms with E-state index in [-0.39, 0.29) is 6.54 Å². The minimum absolute atomic E-state index is 0.250. The van der Waals surface area contributed by atoms with Crippen molar-refractivity contribution in [3.63, 3.8) is 0 Å². The van der Waals surface area contributed by atoms with Crippen molar-refractivity contribution in [2.24, 2.45) is 0 Å². The number of benzene rings is 1. The summed E-state index contributed by atoms with van der Waals surface area (Å²) in [6.07, 6.45) is -3.38. The van der Waals surface area contributed by atoms with Crippen LogP contribution in [0.2, 0.25) is 0 Å². The van der Waals surface area contributed by atoms with E-state index < -0.39 is 17.8 Å². The normalized spacial score (nSPS) is 18.1. The van der Waals surface area contributed by atoms with Gasteiger partial charge in [0.15, 0.2) is 0 Å². The van der Waals surface area contributed by atoms with E-state index in [1.165, 1.54) is 18.2 Å². The molecule has 2 rings (SSSR count). The Labute approximate surface area is 94.9 Å². The second-order valence-electron chi connectivity index (χ2n) is 3.47. The smallest absolute Gasteiger partial charge is 0.413 e. The maximum absolute atomic E-state index is 12.3. The van der Waals surface area contributed by atoms with Crippen LogP contribution in [0, 0.1) is 0 Å². The van der Waals surface area contributed by atoms with Crippen LogP contribution in [0.4, 0.5) is 18.0 Å². The molecule has 0 aromatic heterocycles. The number of hydrogen-bond donors (Lipinski definition) is 1. The van der Waals surface area contributed by atoms with Crippen molar-refractivity contribution >= 4 is 12.2 Å². The van der Waals surface area contributed by atoms with Gasteiger partial charge in [0.25, 0.3) is 0 Å². The van der Waals surface area contributed by atoms with Crippen LogP contribution in [-0.4, -0.2) is 12.6 Å². The maximum Gasteiger partial charge on any atom is 0.416 e. The second-order valence-corrected chi connectivity index (χ2v) is 3.47. The monoisotopic (exact) mass is 243 g/mol. The summed E-state index contributed by atoms with van der Waals surface area (Å²) in [5.41, 5.74) is -0.161. The van der Waals surface area contributed by atoms with Crippen molar-refractivity contribution in [2.75, 3.05) is 6.54 Å². The fourth-order valence-electron chi connectivity index (χ4n) is 1.39. The Balaban J connectivity index is 2.16. The van der Waals surface area contributed by atoms with E-state index in [2.05, 4.69) is 5.32 Å². The van der Waals surface area contributed by atoms with Gasteiger partial charge in [0.05, 0.1) is 12.1 Å².